The van der Waals surface area contributed by atoms with E-state index in [1.807, 2.05) is 6.92 Å². The van der Waals surface area contributed by atoms with E-state index in [4.69, 9.17) is 9.97 Å². The number of aromatic nitrogens is 3. The standard InChI is InChI=1S/C25H33BrN4O/c1-7-21(31)19-8-10-29(11-9-19)24-22-16(4)17(5)30(25(22)28-18(6)27-24)23-14(2)12-20(26)13-15(23)3/h12-13,19,21,31H,7-11H2,1-6H3. The summed E-state index contributed by atoms with van der Waals surface area (Å²) in [5.74, 6) is 2.23. The molecule has 0 aliphatic carbocycles. The highest BCUT2D eigenvalue weighted by Gasteiger charge is 2.28. The summed E-state index contributed by atoms with van der Waals surface area (Å²) < 4.78 is 3.41. The van der Waals surface area contributed by atoms with Gasteiger partial charge in [-0.05, 0) is 88.6 Å². The number of hydrogen-bond acceptors (Lipinski definition) is 4. The fourth-order valence-corrected chi connectivity index (χ4v) is 5.82. The summed E-state index contributed by atoms with van der Waals surface area (Å²) in [4.78, 5) is 12.2. The van der Waals surface area contributed by atoms with Gasteiger partial charge in [-0.3, -0.25) is 4.57 Å². The van der Waals surface area contributed by atoms with Crippen molar-refractivity contribution >= 4 is 32.8 Å². The van der Waals surface area contributed by atoms with Crippen molar-refractivity contribution in [1.82, 2.24) is 14.5 Å². The van der Waals surface area contributed by atoms with Crippen LogP contribution in [0.2, 0.25) is 0 Å². The van der Waals surface area contributed by atoms with Crippen molar-refractivity contribution in [2.75, 3.05) is 18.0 Å². The van der Waals surface area contributed by atoms with E-state index in [1.165, 1.54) is 28.1 Å². The minimum Gasteiger partial charge on any atom is -0.393 e. The van der Waals surface area contributed by atoms with Crippen molar-refractivity contribution in [3.8, 4) is 5.69 Å². The van der Waals surface area contributed by atoms with Crippen LogP contribution < -0.4 is 4.90 Å². The number of rotatable bonds is 4. The third-order valence-corrected chi connectivity index (χ3v) is 7.39. The van der Waals surface area contributed by atoms with Gasteiger partial charge < -0.3 is 10.0 Å². The van der Waals surface area contributed by atoms with Gasteiger partial charge >= 0.3 is 0 Å². The molecule has 2 aromatic heterocycles. The second-order valence-electron chi connectivity index (χ2n) is 9.03. The van der Waals surface area contributed by atoms with Crippen LogP contribution in [0.1, 0.15) is 54.4 Å². The molecule has 3 aromatic rings. The largest absolute Gasteiger partial charge is 0.393 e. The lowest BCUT2D eigenvalue weighted by Crippen LogP contribution is -2.38. The maximum atomic E-state index is 10.3. The molecular formula is C25H33BrN4O. The molecule has 0 radical (unpaired) electrons. The number of halogens is 1. The normalized spacial score (nSPS) is 16.3. The minimum atomic E-state index is -0.192. The third-order valence-electron chi connectivity index (χ3n) is 6.93. The molecule has 4 rings (SSSR count). The SMILES string of the molecule is CCC(O)C1CCN(c2nc(C)nc3c2c(C)c(C)n3-c2c(C)cc(Br)cc2C)CC1. The monoisotopic (exact) mass is 484 g/mol. The Bertz CT molecular complexity index is 1110. The lowest BCUT2D eigenvalue weighted by Gasteiger charge is -2.35. The van der Waals surface area contributed by atoms with E-state index in [2.05, 4.69) is 72.1 Å². The van der Waals surface area contributed by atoms with Crippen LogP contribution in [0.15, 0.2) is 16.6 Å². The highest BCUT2D eigenvalue weighted by molar-refractivity contribution is 9.10. The number of anilines is 1. The van der Waals surface area contributed by atoms with Gasteiger partial charge in [-0.2, -0.15) is 0 Å². The number of piperidine rings is 1. The zero-order valence-corrected chi connectivity index (χ0v) is 21.0. The molecule has 1 aliphatic rings. The van der Waals surface area contributed by atoms with Crippen LogP contribution in [0.3, 0.4) is 0 Å². The van der Waals surface area contributed by atoms with E-state index in [9.17, 15) is 5.11 Å². The number of aliphatic hydroxyl groups is 1. The zero-order chi connectivity index (χ0) is 22.4. The van der Waals surface area contributed by atoms with Crippen molar-refractivity contribution in [3.63, 3.8) is 0 Å². The van der Waals surface area contributed by atoms with Gasteiger partial charge in [0.15, 0.2) is 5.65 Å². The van der Waals surface area contributed by atoms with Gasteiger partial charge in [0, 0.05) is 23.3 Å². The summed E-state index contributed by atoms with van der Waals surface area (Å²) in [7, 11) is 0. The molecule has 0 amide bonds. The first-order chi connectivity index (χ1) is 14.7. The van der Waals surface area contributed by atoms with Crippen molar-refractivity contribution < 1.29 is 5.11 Å². The highest BCUT2D eigenvalue weighted by Crippen LogP contribution is 2.37. The van der Waals surface area contributed by atoms with Crippen LogP contribution in [0.4, 0.5) is 5.82 Å². The molecule has 0 spiro atoms. The Morgan fingerprint density at radius 2 is 1.68 bits per heavy atom. The molecule has 31 heavy (non-hydrogen) atoms. The van der Waals surface area contributed by atoms with Crippen LogP contribution >= 0.6 is 15.9 Å². The van der Waals surface area contributed by atoms with Crippen molar-refractivity contribution in [3.05, 3.63) is 44.8 Å². The molecule has 166 valence electrons. The number of hydrogen-bond donors (Lipinski definition) is 1. The molecule has 1 unspecified atom stereocenters. The second-order valence-corrected chi connectivity index (χ2v) is 9.94. The summed E-state index contributed by atoms with van der Waals surface area (Å²) in [6, 6.07) is 4.34. The lowest BCUT2D eigenvalue weighted by atomic mass is 9.90. The maximum Gasteiger partial charge on any atom is 0.150 e. The van der Waals surface area contributed by atoms with Crippen LogP contribution in [0.5, 0.6) is 0 Å². The number of aliphatic hydroxyl groups excluding tert-OH is 1. The molecule has 1 atom stereocenters. The van der Waals surface area contributed by atoms with Crippen LogP contribution in [0.25, 0.3) is 16.7 Å². The Balaban J connectivity index is 1.85. The highest BCUT2D eigenvalue weighted by atomic mass is 79.9. The van der Waals surface area contributed by atoms with E-state index in [1.54, 1.807) is 0 Å². The Labute approximate surface area is 193 Å². The van der Waals surface area contributed by atoms with Crippen molar-refractivity contribution in [1.29, 1.82) is 0 Å². The third kappa shape index (κ3) is 3.89. The first-order valence-corrected chi connectivity index (χ1v) is 12.1. The van der Waals surface area contributed by atoms with E-state index >= 15 is 0 Å². The summed E-state index contributed by atoms with van der Waals surface area (Å²) in [6.07, 6.45) is 2.64. The number of benzene rings is 1. The minimum absolute atomic E-state index is 0.192. The summed E-state index contributed by atoms with van der Waals surface area (Å²) in [5, 5.41) is 11.4. The summed E-state index contributed by atoms with van der Waals surface area (Å²) in [6.45, 7) is 14.6. The predicted molar refractivity (Wildman–Crippen MR) is 131 cm³/mol. The van der Waals surface area contributed by atoms with E-state index in [0.717, 1.165) is 59.5 Å². The van der Waals surface area contributed by atoms with Gasteiger partial charge in [-0.25, -0.2) is 9.97 Å². The van der Waals surface area contributed by atoms with Gasteiger partial charge in [0.2, 0.25) is 0 Å². The predicted octanol–water partition coefficient (Wildman–Crippen LogP) is 5.71. The molecule has 5 nitrogen and oxygen atoms in total. The molecule has 6 heteroatoms. The van der Waals surface area contributed by atoms with Gasteiger partial charge in [0.1, 0.15) is 11.6 Å². The van der Waals surface area contributed by atoms with E-state index in [-0.39, 0.29) is 6.10 Å². The summed E-state index contributed by atoms with van der Waals surface area (Å²) >= 11 is 3.63. The average molecular weight is 485 g/mol. The first kappa shape index (κ1) is 22.3. The Kier molecular flexibility index (Phi) is 6.14. The van der Waals surface area contributed by atoms with Crippen LogP contribution in [-0.2, 0) is 0 Å². The van der Waals surface area contributed by atoms with Gasteiger partial charge in [-0.1, -0.05) is 22.9 Å². The first-order valence-electron chi connectivity index (χ1n) is 11.3. The molecule has 1 N–H and O–H groups in total. The molecule has 1 fully saturated rings. The molecule has 0 bridgehead atoms. The second kappa shape index (κ2) is 8.55. The molecular weight excluding hydrogens is 452 g/mol. The quantitative estimate of drug-likeness (QED) is 0.514. The van der Waals surface area contributed by atoms with Crippen molar-refractivity contribution in [2.24, 2.45) is 5.92 Å². The van der Waals surface area contributed by atoms with Crippen LogP contribution in [-0.4, -0.2) is 38.8 Å². The zero-order valence-electron chi connectivity index (χ0n) is 19.5. The fraction of sp³-hybridized carbons (Fsp3) is 0.520. The number of fused-ring (bicyclic) bond motifs is 1. The Morgan fingerprint density at radius 1 is 1.06 bits per heavy atom. The van der Waals surface area contributed by atoms with E-state index in [0.29, 0.717) is 5.92 Å². The van der Waals surface area contributed by atoms with Crippen LogP contribution in [0, 0.1) is 40.5 Å². The van der Waals surface area contributed by atoms with Crippen molar-refractivity contribution in [2.45, 2.75) is 66.9 Å². The molecule has 3 heterocycles. The smallest absolute Gasteiger partial charge is 0.150 e. The average Bonchev–Trinajstić information content (AvgIpc) is 2.97. The van der Waals surface area contributed by atoms with Gasteiger partial charge in [0.05, 0.1) is 17.2 Å². The fourth-order valence-electron chi connectivity index (χ4n) is 5.14. The maximum absolute atomic E-state index is 10.3. The Hall–Kier alpha value is -1.92. The lowest BCUT2D eigenvalue weighted by molar-refractivity contribution is 0.0892. The van der Waals surface area contributed by atoms with Gasteiger partial charge in [-0.15, -0.1) is 0 Å². The molecule has 1 saturated heterocycles. The Morgan fingerprint density at radius 3 is 2.26 bits per heavy atom. The number of aryl methyl sites for hydroxylation is 4. The van der Waals surface area contributed by atoms with E-state index < -0.39 is 0 Å². The molecule has 0 saturated carbocycles. The summed E-state index contributed by atoms with van der Waals surface area (Å²) in [5.41, 5.74) is 7.08. The number of nitrogens with zero attached hydrogens (tertiary/aromatic N) is 4. The topological polar surface area (TPSA) is 54.2 Å². The molecule has 1 aliphatic heterocycles. The van der Waals surface area contributed by atoms with Gasteiger partial charge in [0.25, 0.3) is 0 Å². The molecule has 1 aromatic carbocycles.